The molecule has 0 radical (unpaired) electrons. The second-order valence-corrected chi connectivity index (χ2v) is 11.2. The standard InChI is InChI=1S/C27H37F2N3O4S/c1-6-20(4)30-27(34)25(7-2)31(18-21-11-8-10-19(3)16-21)26(33)12-9-15-32(37(5,35)36)22-13-14-23(28)24(29)17-22/h8,10-11,13-14,16-17,20,25H,6-7,9,12,15,18H2,1-5H3,(H,30,34)/t20-,25+/m1/s1. The van der Waals surface area contributed by atoms with Crippen molar-refractivity contribution in [3.8, 4) is 0 Å². The Morgan fingerprint density at radius 3 is 2.30 bits per heavy atom. The third-order valence-electron chi connectivity index (χ3n) is 6.17. The van der Waals surface area contributed by atoms with Gasteiger partial charge in [-0.2, -0.15) is 0 Å². The van der Waals surface area contributed by atoms with E-state index in [9.17, 15) is 26.8 Å². The topological polar surface area (TPSA) is 86.8 Å². The maximum Gasteiger partial charge on any atom is 0.243 e. The number of aryl methyl sites for hydroxylation is 1. The Kier molecular flexibility index (Phi) is 11.0. The van der Waals surface area contributed by atoms with Crippen LogP contribution in [0.25, 0.3) is 0 Å². The quantitative estimate of drug-likeness (QED) is 0.406. The van der Waals surface area contributed by atoms with Crippen LogP contribution in [0.4, 0.5) is 14.5 Å². The Morgan fingerprint density at radius 1 is 1.03 bits per heavy atom. The predicted molar refractivity (Wildman–Crippen MR) is 141 cm³/mol. The number of benzene rings is 2. The van der Waals surface area contributed by atoms with Crippen LogP contribution in [0.5, 0.6) is 0 Å². The van der Waals surface area contributed by atoms with Gasteiger partial charge in [0.25, 0.3) is 0 Å². The van der Waals surface area contributed by atoms with Gasteiger partial charge in [0.1, 0.15) is 6.04 Å². The van der Waals surface area contributed by atoms with Crippen LogP contribution in [0.3, 0.4) is 0 Å². The number of carbonyl (C=O) groups excluding carboxylic acids is 2. The molecular formula is C27H37F2N3O4S. The molecule has 2 atom stereocenters. The van der Waals surface area contributed by atoms with E-state index in [2.05, 4.69) is 5.32 Å². The van der Waals surface area contributed by atoms with Gasteiger partial charge >= 0.3 is 0 Å². The number of nitrogens with one attached hydrogen (secondary N) is 1. The van der Waals surface area contributed by atoms with Crippen molar-refractivity contribution in [1.82, 2.24) is 10.2 Å². The number of hydrogen-bond acceptors (Lipinski definition) is 4. The number of nitrogens with zero attached hydrogens (tertiary/aromatic N) is 2. The summed E-state index contributed by atoms with van der Waals surface area (Å²) in [4.78, 5) is 28.0. The van der Waals surface area contributed by atoms with Gasteiger partial charge in [-0.1, -0.05) is 43.7 Å². The van der Waals surface area contributed by atoms with E-state index in [1.165, 1.54) is 11.0 Å². The lowest BCUT2D eigenvalue weighted by atomic mass is 10.1. The predicted octanol–water partition coefficient (Wildman–Crippen LogP) is 4.54. The highest BCUT2D eigenvalue weighted by molar-refractivity contribution is 7.92. The van der Waals surface area contributed by atoms with Gasteiger partial charge in [0.2, 0.25) is 21.8 Å². The summed E-state index contributed by atoms with van der Waals surface area (Å²) in [6, 6.07) is 9.79. The van der Waals surface area contributed by atoms with Crippen molar-refractivity contribution >= 4 is 27.5 Å². The second-order valence-electron chi connectivity index (χ2n) is 9.29. The van der Waals surface area contributed by atoms with Gasteiger partial charge in [-0.25, -0.2) is 17.2 Å². The molecule has 204 valence electrons. The number of amides is 2. The van der Waals surface area contributed by atoms with Crippen LogP contribution in [0.15, 0.2) is 42.5 Å². The first kappa shape index (κ1) is 30.2. The van der Waals surface area contributed by atoms with E-state index >= 15 is 0 Å². The smallest absolute Gasteiger partial charge is 0.243 e. The van der Waals surface area contributed by atoms with Crippen LogP contribution in [-0.4, -0.2) is 50.0 Å². The molecule has 2 amide bonds. The van der Waals surface area contributed by atoms with Gasteiger partial charge in [0.15, 0.2) is 11.6 Å². The van der Waals surface area contributed by atoms with E-state index in [0.29, 0.717) is 6.42 Å². The van der Waals surface area contributed by atoms with Crippen LogP contribution in [-0.2, 0) is 26.2 Å². The van der Waals surface area contributed by atoms with Crippen molar-refractivity contribution in [3.63, 3.8) is 0 Å². The molecule has 2 rings (SSSR count). The average molecular weight is 538 g/mol. The third-order valence-corrected chi connectivity index (χ3v) is 7.36. The molecule has 10 heteroatoms. The van der Waals surface area contributed by atoms with Crippen LogP contribution >= 0.6 is 0 Å². The summed E-state index contributed by atoms with van der Waals surface area (Å²) < 4.78 is 52.7. The van der Waals surface area contributed by atoms with E-state index in [1.54, 1.807) is 0 Å². The molecule has 0 unspecified atom stereocenters. The average Bonchev–Trinajstić information content (AvgIpc) is 2.82. The second kappa shape index (κ2) is 13.5. The van der Waals surface area contributed by atoms with E-state index in [0.717, 1.165) is 40.2 Å². The molecule has 0 saturated heterocycles. The first-order valence-corrected chi connectivity index (χ1v) is 14.3. The van der Waals surface area contributed by atoms with Gasteiger partial charge in [0.05, 0.1) is 11.9 Å². The zero-order chi connectivity index (χ0) is 27.8. The summed E-state index contributed by atoms with van der Waals surface area (Å²) in [6.45, 7) is 7.76. The number of hydrogen-bond donors (Lipinski definition) is 1. The minimum Gasteiger partial charge on any atom is -0.352 e. The number of carbonyl (C=O) groups is 2. The van der Waals surface area contributed by atoms with Crippen LogP contribution in [0.1, 0.15) is 57.6 Å². The molecule has 0 aliphatic heterocycles. The summed E-state index contributed by atoms with van der Waals surface area (Å²) in [5.74, 6) is -2.78. The fourth-order valence-corrected chi connectivity index (χ4v) is 4.97. The molecule has 0 heterocycles. The van der Waals surface area contributed by atoms with Crippen LogP contribution < -0.4 is 9.62 Å². The van der Waals surface area contributed by atoms with Crippen LogP contribution in [0, 0.1) is 18.6 Å². The lowest BCUT2D eigenvalue weighted by Gasteiger charge is -2.32. The maximum atomic E-state index is 13.7. The minimum absolute atomic E-state index is 0.0233. The monoisotopic (exact) mass is 537 g/mol. The van der Waals surface area contributed by atoms with Crippen molar-refractivity contribution < 1.29 is 26.8 Å². The minimum atomic E-state index is -3.81. The fourth-order valence-electron chi connectivity index (χ4n) is 4.01. The number of halogens is 2. The van der Waals surface area contributed by atoms with Gasteiger partial charge in [-0.05, 0) is 50.8 Å². The molecule has 2 aromatic rings. The maximum absolute atomic E-state index is 13.7. The molecule has 2 aromatic carbocycles. The molecule has 1 N–H and O–H groups in total. The van der Waals surface area contributed by atoms with Crippen molar-refractivity contribution in [2.75, 3.05) is 17.1 Å². The third kappa shape index (κ3) is 8.80. The Labute approximate surface area is 218 Å². The van der Waals surface area contributed by atoms with E-state index in [-0.39, 0.29) is 49.5 Å². The molecule has 0 fully saturated rings. The van der Waals surface area contributed by atoms with Crippen molar-refractivity contribution in [3.05, 3.63) is 65.2 Å². The Morgan fingerprint density at radius 2 is 1.73 bits per heavy atom. The molecule has 0 spiro atoms. The van der Waals surface area contributed by atoms with Gasteiger partial charge in [-0.15, -0.1) is 0 Å². The number of rotatable bonds is 13. The van der Waals surface area contributed by atoms with Crippen molar-refractivity contribution in [2.24, 2.45) is 0 Å². The highest BCUT2D eigenvalue weighted by Gasteiger charge is 2.29. The summed E-state index contributed by atoms with van der Waals surface area (Å²) in [5.41, 5.74) is 1.88. The molecule has 0 aromatic heterocycles. The molecule has 7 nitrogen and oxygen atoms in total. The Hall–Kier alpha value is -3.01. The SMILES string of the molecule is CC[C@@H](C)NC(=O)[C@H](CC)N(Cc1cccc(C)c1)C(=O)CCCN(c1ccc(F)c(F)c1)S(C)(=O)=O. The fraction of sp³-hybridized carbons (Fsp3) is 0.481. The molecule has 0 saturated carbocycles. The van der Waals surface area contributed by atoms with E-state index in [4.69, 9.17) is 0 Å². The Bertz CT molecular complexity index is 1190. The van der Waals surface area contributed by atoms with E-state index < -0.39 is 27.7 Å². The van der Waals surface area contributed by atoms with Gasteiger partial charge < -0.3 is 10.2 Å². The number of sulfonamides is 1. The van der Waals surface area contributed by atoms with E-state index in [1.807, 2.05) is 52.0 Å². The number of anilines is 1. The highest BCUT2D eigenvalue weighted by atomic mass is 32.2. The summed E-state index contributed by atoms with van der Waals surface area (Å²) >= 11 is 0. The lowest BCUT2D eigenvalue weighted by molar-refractivity contribution is -0.141. The zero-order valence-corrected chi connectivity index (χ0v) is 22.9. The Balaban J connectivity index is 2.24. The van der Waals surface area contributed by atoms with Crippen molar-refractivity contribution in [1.29, 1.82) is 0 Å². The van der Waals surface area contributed by atoms with Crippen molar-refractivity contribution in [2.45, 2.75) is 72.0 Å². The van der Waals surface area contributed by atoms with Gasteiger partial charge in [-0.3, -0.25) is 13.9 Å². The van der Waals surface area contributed by atoms with Gasteiger partial charge in [0, 0.05) is 31.6 Å². The summed E-state index contributed by atoms with van der Waals surface area (Å²) in [5, 5.41) is 2.95. The van der Waals surface area contributed by atoms with Crippen LogP contribution in [0.2, 0.25) is 0 Å². The molecule has 0 aliphatic rings. The highest BCUT2D eigenvalue weighted by Crippen LogP contribution is 2.22. The zero-order valence-electron chi connectivity index (χ0n) is 22.1. The molecule has 0 aliphatic carbocycles. The largest absolute Gasteiger partial charge is 0.352 e. The first-order valence-electron chi connectivity index (χ1n) is 12.5. The molecule has 0 bridgehead atoms. The summed E-state index contributed by atoms with van der Waals surface area (Å²) in [7, 11) is -3.81. The molecular weight excluding hydrogens is 500 g/mol. The molecule has 37 heavy (non-hydrogen) atoms. The summed E-state index contributed by atoms with van der Waals surface area (Å²) in [6.07, 6.45) is 2.21. The first-order chi connectivity index (χ1) is 17.4. The lowest BCUT2D eigenvalue weighted by Crippen LogP contribution is -2.50. The normalized spacial score (nSPS) is 13.1.